The molecule has 2 aromatic rings. The van der Waals surface area contributed by atoms with E-state index >= 15 is 0 Å². The lowest BCUT2D eigenvalue weighted by molar-refractivity contribution is -0.136. The van der Waals surface area contributed by atoms with E-state index in [2.05, 4.69) is 5.32 Å². The molecule has 4 nitrogen and oxygen atoms in total. The van der Waals surface area contributed by atoms with Crippen LogP contribution in [0.15, 0.2) is 34.7 Å². The molecule has 0 bridgehead atoms. The summed E-state index contributed by atoms with van der Waals surface area (Å²) >= 11 is 13.2. The van der Waals surface area contributed by atoms with Gasteiger partial charge in [-0.15, -0.1) is 11.8 Å². The Bertz CT molecular complexity index is 689. The van der Waals surface area contributed by atoms with Crippen molar-refractivity contribution in [3.8, 4) is 11.3 Å². The number of furan rings is 1. The second-order valence-corrected chi connectivity index (χ2v) is 6.71. The molecule has 0 amide bonds. The van der Waals surface area contributed by atoms with Gasteiger partial charge in [-0.3, -0.25) is 10.1 Å². The molecule has 21 heavy (non-hydrogen) atoms. The second-order valence-electron chi connectivity index (χ2n) is 4.58. The highest BCUT2D eigenvalue weighted by atomic mass is 35.5. The normalized spacial score (nSPS) is 21.6. The first-order valence-corrected chi connectivity index (χ1v) is 7.91. The fourth-order valence-electron chi connectivity index (χ4n) is 2.09. The maximum Gasteiger partial charge on any atom is 0.318 e. The van der Waals surface area contributed by atoms with Crippen molar-refractivity contribution in [2.75, 3.05) is 6.54 Å². The lowest BCUT2D eigenvalue weighted by Crippen LogP contribution is -2.21. The van der Waals surface area contributed by atoms with Gasteiger partial charge >= 0.3 is 5.97 Å². The van der Waals surface area contributed by atoms with Crippen molar-refractivity contribution in [3.05, 3.63) is 46.1 Å². The molecule has 0 radical (unpaired) electrons. The maximum atomic E-state index is 11.0. The molecule has 0 spiro atoms. The van der Waals surface area contributed by atoms with E-state index in [1.807, 2.05) is 18.2 Å². The van der Waals surface area contributed by atoms with E-state index in [0.29, 0.717) is 28.1 Å². The van der Waals surface area contributed by atoms with Gasteiger partial charge in [0.2, 0.25) is 0 Å². The minimum absolute atomic E-state index is 0.150. The van der Waals surface area contributed by atoms with Crippen molar-refractivity contribution < 1.29 is 14.3 Å². The monoisotopic (exact) mass is 343 g/mol. The van der Waals surface area contributed by atoms with Gasteiger partial charge in [0.1, 0.15) is 22.1 Å². The highest BCUT2D eigenvalue weighted by Crippen LogP contribution is 2.38. The molecule has 2 N–H and O–H groups in total. The summed E-state index contributed by atoms with van der Waals surface area (Å²) in [6.45, 7) is 0.424. The molecule has 0 saturated carbocycles. The summed E-state index contributed by atoms with van der Waals surface area (Å²) in [7, 11) is 0. The number of hydrogen-bond donors (Lipinski definition) is 2. The van der Waals surface area contributed by atoms with Gasteiger partial charge in [0, 0.05) is 12.1 Å². The zero-order valence-corrected chi connectivity index (χ0v) is 13.0. The van der Waals surface area contributed by atoms with Gasteiger partial charge in [0.05, 0.1) is 10.0 Å². The number of hydrogen-bond acceptors (Lipinski definition) is 4. The predicted octanol–water partition coefficient (Wildman–Crippen LogP) is 4.04. The van der Waals surface area contributed by atoms with Gasteiger partial charge in [-0.25, -0.2) is 0 Å². The van der Waals surface area contributed by atoms with Crippen LogP contribution in [0, 0.1) is 0 Å². The van der Waals surface area contributed by atoms with E-state index in [9.17, 15) is 4.79 Å². The van der Waals surface area contributed by atoms with Gasteiger partial charge in [0.25, 0.3) is 0 Å². The lowest BCUT2D eigenvalue weighted by Gasteiger charge is -2.06. The number of thioether (sulfide) groups is 1. The fourth-order valence-corrected chi connectivity index (χ4v) is 3.47. The zero-order chi connectivity index (χ0) is 15.0. The summed E-state index contributed by atoms with van der Waals surface area (Å²) in [6.07, 6.45) is 0. The van der Waals surface area contributed by atoms with E-state index in [0.717, 1.165) is 5.56 Å². The molecule has 0 unspecified atom stereocenters. The summed E-state index contributed by atoms with van der Waals surface area (Å²) in [5, 5.41) is 12.5. The molecule has 1 aliphatic heterocycles. The Morgan fingerprint density at radius 2 is 2.10 bits per heavy atom. The topological polar surface area (TPSA) is 62.5 Å². The summed E-state index contributed by atoms with van der Waals surface area (Å²) in [4.78, 5) is 11.0. The Morgan fingerprint density at radius 1 is 1.29 bits per heavy atom. The van der Waals surface area contributed by atoms with E-state index in [4.69, 9.17) is 32.7 Å². The first-order valence-electron chi connectivity index (χ1n) is 6.21. The molecule has 2 heterocycles. The molecule has 1 aliphatic rings. The SMILES string of the molecule is O=C(O)[C@@H]1CN[C@@H](c2ccc(-c3ccc(Cl)c(Cl)c3)o2)S1. The average Bonchev–Trinajstić information content (AvgIpc) is 3.09. The third-order valence-corrected chi connectivity index (χ3v) is 5.26. The first kappa shape index (κ1) is 14.8. The van der Waals surface area contributed by atoms with Crippen LogP contribution in [0.25, 0.3) is 11.3 Å². The molecule has 110 valence electrons. The van der Waals surface area contributed by atoms with Gasteiger partial charge in [0.15, 0.2) is 0 Å². The van der Waals surface area contributed by atoms with E-state index in [1.54, 1.807) is 12.1 Å². The lowest BCUT2D eigenvalue weighted by atomic mass is 10.2. The predicted molar refractivity (Wildman–Crippen MR) is 83.9 cm³/mol. The van der Waals surface area contributed by atoms with Crippen molar-refractivity contribution in [1.82, 2.24) is 5.32 Å². The highest BCUT2D eigenvalue weighted by molar-refractivity contribution is 8.01. The van der Waals surface area contributed by atoms with Crippen LogP contribution in [0.2, 0.25) is 10.0 Å². The van der Waals surface area contributed by atoms with E-state index in [-0.39, 0.29) is 5.37 Å². The minimum atomic E-state index is -0.814. The number of halogens is 2. The smallest absolute Gasteiger partial charge is 0.318 e. The van der Waals surface area contributed by atoms with Crippen LogP contribution in [-0.4, -0.2) is 22.9 Å². The summed E-state index contributed by atoms with van der Waals surface area (Å²) in [5.41, 5.74) is 0.827. The van der Waals surface area contributed by atoms with E-state index < -0.39 is 11.2 Å². The molecule has 3 rings (SSSR count). The van der Waals surface area contributed by atoms with Crippen molar-refractivity contribution in [1.29, 1.82) is 0 Å². The summed E-state index contributed by atoms with van der Waals surface area (Å²) in [5.74, 6) is 0.556. The molecule has 1 saturated heterocycles. The van der Waals surface area contributed by atoms with Gasteiger partial charge in [-0.2, -0.15) is 0 Å². The highest BCUT2D eigenvalue weighted by Gasteiger charge is 2.32. The van der Waals surface area contributed by atoms with Crippen LogP contribution in [0.3, 0.4) is 0 Å². The number of rotatable bonds is 3. The molecule has 1 aromatic heterocycles. The van der Waals surface area contributed by atoms with Crippen LogP contribution in [0.1, 0.15) is 11.1 Å². The molecular formula is C14H11Cl2NO3S. The van der Waals surface area contributed by atoms with Gasteiger partial charge in [-0.1, -0.05) is 23.2 Å². The number of carbonyl (C=O) groups is 1. The van der Waals surface area contributed by atoms with Gasteiger partial charge in [-0.05, 0) is 30.3 Å². The molecule has 7 heteroatoms. The fraction of sp³-hybridized carbons (Fsp3) is 0.214. The third kappa shape index (κ3) is 3.06. The number of aliphatic carboxylic acids is 1. The van der Waals surface area contributed by atoms with Crippen molar-refractivity contribution in [2.45, 2.75) is 10.6 Å². The van der Waals surface area contributed by atoms with Crippen molar-refractivity contribution >= 4 is 40.9 Å². The average molecular weight is 344 g/mol. The van der Waals surface area contributed by atoms with E-state index in [1.165, 1.54) is 11.8 Å². The van der Waals surface area contributed by atoms with Crippen LogP contribution in [0.4, 0.5) is 0 Å². The Kier molecular flexibility index (Phi) is 4.17. The minimum Gasteiger partial charge on any atom is -0.480 e. The van der Waals surface area contributed by atoms with Crippen LogP contribution >= 0.6 is 35.0 Å². The Morgan fingerprint density at radius 3 is 2.76 bits per heavy atom. The Balaban J connectivity index is 1.80. The largest absolute Gasteiger partial charge is 0.480 e. The van der Waals surface area contributed by atoms with Crippen molar-refractivity contribution in [3.63, 3.8) is 0 Å². The maximum absolute atomic E-state index is 11.0. The molecule has 1 aromatic carbocycles. The molecule has 0 aliphatic carbocycles. The zero-order valence-electron chi connectivity index (χ0n) is 10.7. The Hall–Kier alpha value is -1.14. The van der Waals surface area contributed by atoms with Gasteiger partial charge < -0.3 is 9.52 Å². The molecular weight excluding hydrogens is 333 g/mol. The number of nitrogens with one attached hydrogen (secondary N) is 1. The second kappa shape index (κ2) is 5.93. The number of carboxylic acid groups (broad SMARTS) is 1. The quantitative estimate of drug-likeness (QED) is 0.880. The summed E-state index contributed by atoms with van der Waals surface area (Å²) in [6, 6.07) is 8.95. The van der Waals surface area contributed by atoms with Crippen LogP contribution in [-0.2, 0) is 4.79 Å². The third-order valence-electron chi connectivity index (χ3n) is 3.15. The van der Waals surface area contributed by atoms with Crippen LogP contribution in [0.5, 0.6) is 0 Å². The molecule has 2 atom stereocenters. The summed E-state index contributed by atoms with van der Waals surface area (Å²) < 4.78 is 5.80. The Labute approximate surface area is 135 Å². The van der Waals surface area contributed by atoms with Crippen LogP contribution < -0.4 is 5.32 Å². The first-order chi connectivity index (χ1) is 10.0. The van der Waals surface area contributed by atoms with Crippen molar-refractivity contribution in [2.24, 2.45) is 0 Å². The number of carboxylic acids is 1. The number of benzene rings is 1. The standard InChI is InChI=1S/C14H11Cl2NO3S/c15-8-2-1-7(5-9(8)16)10-3-4-11(20-10)13-17-6-12(21-13)14(18)19/h1-5,12-13,17H,6H2,(H,18,19)/t12-,13+/m0/s1. The molecule has 1 fully saturated rings.